The van der Waals surface area contributed by atoms with Crippen molar-refractivity contribution in [3.05, 3.63) is 23.9 Å². The van der Waals surface area contributed by atoms with Crippen molar-refractivity contribution in [3.63, 3.8) is 0 Å². The van der Waals surface area contributed by atoms with Crippen LogP contribution in [0.5, 0.6) is 0 Å². The molecule has 0 radical (unpaired) electrons. The van der Waals surface area contributed by atoms with Gasteiger partial charge in [-0.15, -0.1) is 0 Å². The molecule has 0 amide bonds. The van der Waals surface area contributed by atoms with Crippen LogP contribution >= 0.6 is 0 Å². The van der Waals surface area contributed by atoms with Gasteiger partial charge in [0.15, 0.2) is 5.96 Å². The number of rotatable bonds is 5. The molecule has 0 unspecified atom stereocenters. The Morgan fingerprint density at radius 1 is 1.30 bits per heavy atom. The van der Waals surface area contributed by atoms with E-state index in [1.807, 2.05) is 31.3 Å². The molecule has 1 aliphatic rings. The Balaban J connectivity index is 2.01. The third-order valence-corrected chi connectivity index (χ3v) is 4.40. The quantitative estimate of drug-likeness (QED) is 0.648. The highest BCUT2D eigenvalue weighted by atomic mass is 15.2. The summed E-state index contributed by atoms with van der Waals surface area (Å²) >= 11 is 0. The molecule has 2 rings (SSSR count). The van der Waals surface area contributed by atoms with Crippen molar-refractivity contribution in [1.82, 2.24) is 15.6 Å². The summed E-state index contributed by atoms with van der Waals surface area (Å²) in [6.07, 6.45) is 6.92. The Bertz CT molecular complexity index is 504. The molecule has 128 valence electrons. The van der Waals surface area contributed by atoms with Crippen molar-refractivity contribution >= 4 is 11.8 Å². The zero-order valence-corrected chi connectivity index (χ0v) is 15.0. The predicted molar refractivity (Wildman–Crippen MR) is 97.9 cm³/mol. The van der Waals surface area contributed by atoms with Gasteiger partial charge in [0.05, 0.1) is 6.54 Å². The van der Waals surface area contributed by atoms with Crippen molar-refractivity contribution in [1.29, 1.82) is 0 Å². The van der Waals surface area contributed by atoms with Gasteiger partial charge in [0, 0.05) is 38.4 Å². The first-order valence-corrected chi connectivity index (χ1v) is 8.76. The normalized spacial score (nSPS) is 21.8. The fourth-order valence-electron chi connectivity index (χ4n) is 3.04. The second-order valence-corrected chi connectivity index (χ2v) is 6.68. The molecule has 5 heteroatoms. The van der Waals surface area contributed by atoms with Gasteiger partial charge in [-0.1, -0.05) is 13.0 Å². The van der Waals surface area contributed by atoms with Crippen LogP contribution in [0.1, 0.15) is 45.1 Å². The van der Waals surface area contributed by atoms with Gasteiger partial charge in [-0.3, -0.25) is 0 Å². The minimum absolute atomic E-state index is 0.547. The maximum atomic E-state index is 4.77. The fraction of sp³-hybridized carbons (Fsp3) is 0.667. The Morgan fingerprint density at radius 2 is 2.04 bits per heavy atom. The van der Waals surface area contributed by atoms with Gasteiger partial charge in [0.2, 0.25) is 0 Å². The van der Waals surface area contributed by atoms with Crippen LogP contribution < -0.4 is 15.5 Å². The van der Waals surface area contributed by atoms with Crippen molar-refractivity contribution in [2.75, 3.05) is 25.5 Å². The average molecular weight is 317 g/mol. The van der Waals surface area contributed by atoms with E-state index in [0.717, 1.165) is 29.8 Å². The first-order valence-electron chi connectivity index (χ1n) is 8.76. The van der Waals surface area contributed by atoms with Gasteiger partial charge >= 0.3 is 0 Å². The Hall–Kier alpha value is -1.78. The fourth-order valence-corrected chi connectivity index (χ4v) is 3.04. The Kier molecular flexibility index (Phi) is 6.68. The first kappa shape index (κ1) is 17.6. The van der Waals surface area contributed by atoms with Crippen molar-refractivity contribution in [3.8, 4) is 0 Å². The summed E-state index contributed by atoms with van der Waals surface area (Å²) in [7, 11) is 4.03. The van der Waals surface area contributed by atoms with E-state index >= 15 is 0 Å². The number of aliphatic imine (C=N–C) groups is 1. The van der Waals surface area contributed by atoms with E-state index < -0.39 is 0 Å². The monoisotopic (exact) mass is 317 g/mol. The summed E-state index contributed by atoms with van der Waals surface area (Å²) in [6, 6.07) is 4.62. The molecule has 1 saturated carbocycles. The lowest BCUT2D eigenvalue weighted by Crippen LogP contribution is -2.44. The van der Waals surface area contributed by atoms with Crippen LogP contribution in [-0.4, -0.2) is 37.6 Å². The molecule has 0 spiro atoms. The van der Waals surface area contributed by atoms with Gasteiger partial charge in [-0.05, 0) is 44.6 Å². The van der Waals surface area contributed by atoms with Crippen LogP contribution in [0.15, 0.2) is 23.3 Å². The van der Waals surface area contributed by atoms with E-state index in [-0.39, 0.29) is 0 Å². The van der Waals surface area contributed by atoms with E-state index in [4.69, 9.17) is 4.99 Å². The molecule has 23 heavy (non-hydrogen) atoms. The van der Waals surface area contributed by atoms with Crippen LogP contribution in [-0.2, 0) is 6.54 Å². The highest BCUT2D eigenvalue weighted by Crippen LogP contribution is 2.23. The standard InChI is InChI=1S/C18H31N5/c1-5-19-18(22-16-10-8-14(2)9-11-16)21-13-15-7-6-12-20-17(15)23(3)4/h6-7,12,14,16H,5,8-11,13H2,1-4H3,(H2,19,21,22). The molecule has 0 aromatic carbocycles. The summed E-state index contributed by atoms with van der Waals surface area (Å²) in [5.41, 5.74) is 1.15. The minimum atomic E-state index is 0.547. The summed E-state index contributed by atoms with van der Waals surface area (Å²) in [5, 5.41) is 6.97. The molecule has 0 aliphatic heterocycles. The second-order valence-electron chi connectivity index (χ2n) is 6.68. The topological polar surface area (TPSA) is 52.6 Å². The molecule has 1 aromatic rings. The minimum Gasteiger partial charge on any atom is -0.362 e. The van der Waals surface area contributed by atoms with Gasteiger partial charge in [-0.2, -0.15) is 0 Å². The lowest BCUT2D eigenvalue weighted by Gasteiger charge is -2.28. The maximum Gasteiger partial charge on any atom is 0.191 e. The summed E-state index contributed by atoms with van der Waals surface area (Å²) in [6.45, 7) is 5.97. The second kappa shape index (κ2) is 8.75. The number of anilines is 1. The highest BCUT2D eigenvalue weighted by molar-refractivity contribution is 5.80. The Morgan fingerprint density at radius 3 is 2.70 bits per heavy atom. The molecule has 1 fully saturated rings. The number of hydrogen-bond donors (Lipinski definition) is 2. The molecule has 1 aromatic heterocycles. The van der Waals surface area contributed by atoms with Gasteiger partial charge < -0.3 is 15.5 Å². The number of nitrogens with one attached hydrogen (secondary N) is 2. The van der Waals surface area contributed by atoms with E-state index in [1.54, 1.807) is 0 Å². The average Bonchev–Trinajstić information content (AvgIpc) is 2.55. The van der Waals surface area contributed by atoms with Crippen molar-refractivity contribution in [2.24, 2.45) is 10.9 Å². The maximum absolute atomic E-state index is 4.77. The van der Waals surface area contributed by atoms with E-state index in [0.29, 0.717) is 12.6 Å². The molecular formula is C18H31N5. The molecule has 5 nitrogen and oxygen atoms in total. The Labute approximate surface area is 140 Å². The van der Waals surface area contributed by atoms with Crippen LogP contribution in [0.2, 0.25) is 0 Å². The van der Waals surface area contributed by atoms with Crippen LogP contribution in [0, 0.1) is 5.92 Å². The molecule has 1 heterocycles. The summed E-state index contributed by atoms with van der Waals surface area (Å²) in [4.78, 5) is 11.2. The van der Waals surface area contributed by atoms with E-state index in [2.05, 4.69) is 35.5 Å². The third kappa shape index (κ3) is 5.41. The number of pyridine rings is 1. The van der Waals surface area contributed by atoms with Crippen LogP contribution in [0.3, 0.4) is 0 Å². The lowest BCUT2D eigenvalue weighted by atomic mass is 9.87. The molecule has 0 saturated heterocycles. The first-order chi connectivity index (χ1) is 11.1. The number of nitrogens with zero attached hydrogens (tertiary/aromatic N) is 3. The molecule has 1 aliphatic carbocycles. The van der Waals surface area contributed by atoms with Crippen LogP contribution in [0.4, 0.5) is 5.82 Å². The largest absolute Gasteiger partial charge is 0.362 e. The summed E-state index contributed by atoms with van der Waals surface area (Å²) < 4.78 is 0. The number of guanidine groups is 1. The van der Waals surface area contributed by atoms with Crippen molar-refractivity contribution in [2.45, 2.75) is 52.1 Å². The van der Waals surface area contributed by atoms with Crippen LogP contribution in [0.25, 0.3) is 0 Å². The molecular weight excluding hydrogens is 286 g/mol. The summed E-state index contributed by atoms with van der Waals surface area (Å²) in [5.74, 6) is 2.77. The SMILES string of the molecule is CCNC(=NCc1cccnc1N(C)C)NC1CCC(C)CC1. The molecule has 0 atom stereocenters. The lowest BCUT2D eigenvalue weighted by molar-refractivity contribution is 0.329. The highest BCUT2D eigenvalue weighted by Gasteiger charge is 2.18. The third-order valence-electron chi connectivity index (χ3n) is 4.40. The number of aromatic nitrogens is 1. The van der Waals surface area contributed by atoms with Gasteiger partial charge in [0.25, 0.3) is 0 Å². The van der Waals surface area contributed by atoms with Gasteiger partial charge in [-0.25, -0.2) is 9.98 Å². The predicted octanol–water partition coefficient (Wildman–Crippen LogP) is 2.78. The zero-order valence-electron chi connectivity index (χ0n) is 15.0. The smallest absolute Gasteiger partial charge is 0.191 e. The zero-order chi connectivity index (χ0) is 16.7. The number of hydrogen-bond acceptors (Lipinski definition) is 3. The van der Waals surface area contributed by atoms with Gasteiger partial charge in [0.1, 0.15) is 5.82 Å². The molecule has 2 N–H and O–H groups in total. The van der Waals surface area contributed by atoms with E-state index in [9.17, 15) is 0 Å². The van der Waals surface area contributed by atoms with E-state index in [1.165, 1.54) is 25.7 Å². The van der Waals surface area contributed by atoms with Crippen molar-refractivity contribution < 1.29 is 0 Å². The molecule has 0 bridgehead atoms.